The van der Waals surface area contributed by atoms with E-state index in [1.807, 2.05) is 24.3 Å². The minimum Gasteiger partial charge on any atom is -0.544 e. The van der Waals surface area contributed by atoms with E-state index in [4.69, 9.17) is 28.1 Å². The van der Waals surface area contributed by atoms with Gasteiger partial charge >= 0.3 is 0 Å². The normalized spacial score (nSPS) is 18.9. The maximum Gasteiger partial charge on any atom is 0.250 e. The zero-order valence-electron chi connectivity index (χ0n) is 24.9. The van der Waals surface area contributed by atoms with Crippen LogP contribution in [0.15, 0.2) is 66.7 Å². The van der Waals surface area contributed by atoms with E-state index >= 15 is 0 Å². The Labute approximate surface area is 244 Å². The summed E-state index contributed by atoms with van der Waals surface area (Å²) >= 11 is 1.81. The highest BCUT2D eigenvalue weighted by molar-refractivity contribution is 7.99. The lowest BCUT2D eigenvalue weighted by Crippen LogP contribution is -2.43. The summed E-state index contributed by atoms with van der Waals surface area (Å²) in [5, 5.41) is 0.126. The first-order valence-corrected chi connectivity index (χ1v) is 17.6. The minimum atomic E-state index is -1.95. The molecule has 0 aliphatic carbocycles. The number of benzene rings is 3. The first-order valence-electron chi connectivity index (χ1n) is 13.5. The van der Waals surface area contributed by atoms with E-state index in [1.54, 1.807) is 26.0 Å². The van der Waals surface area contributed by atoms with Gasteiger partial charge in [0.25, 0.3) is 0 Å². The van der Waals surface area contributed by atoms with Crippen molar-refractivity contribution in [1.29, 1.82) is 0 Å². The SMILES string of the molecule is COCOc1ccc(C2(SC)COc3cc(OCOC)ccc3C2c2ccc(O[Si](C)(C)C(C)(C)C)cc2)cc1. The van der Waals surface area contributed by atoms with Crippen molar-refractivity contribution in [3.63, 3.8) is 0 Å². The van der Waals surface area contributed by atoms with Crippen LogP contribution in [0.4, 0.5) is 0 Å². The van der Waals surface area contributed by atoms with Crippen LogP contribution in [0, 0.1) is 0 Å². The van der Waals surface area contributed by atoms with Gasteiger partial charge in [-0.25, -0.2) is 0 Å². The summed E-state index contributed by atoms with van der Waals surface area (Å²) in [4.78, 5) is 0. The summed E-state index contributed by atoms with van der Waals surface area (Å²) in [5.74, 6) is 3.25. The Balaban J connectivity index is 1.77. The Bertz CT molecular complexity index is 1260. The van der Waals surface area contributed by atoms with Crippen molar-refractivity contribution in [3.05, 3.63) is 83.4 Å². The average molecular weight is 583 g/mol. The molecule has 2 unspecified atom stereocenters. The Morgan fingerprint density at radius 1 is 0.850 bits per heavy atom. The minimum absolute atomic E-state index is 0.0235. The summed E-state index contributed by atoms with van der Waals surface area (Å²) in [6.07, 6.45) is 2.15. The van der Waals surface area contributed by atoms with Crippen molar-refractivity contribution >= 4 is 20.1 Å². The molecule has 0 radical (unpaired) electrons. The van der Waals surface area contributed by atoms with Gasteiger partial charge in [-0.05, 0) is 65.8 Å². The van der Waals surface area contributed by atoms with E-state index in [0.717, 1.165) is 22.8 Å². The van der Waals surface area contributed by atoms with Gasteiger partial charge in [-0.15, -0.1) is 11.8 Å². The molecule has 0 N–H and O–H groups in total. The fourth-order valence-corrected chi connectivity index (χ4v) is 6.82. The highest BCUT2D eigenvalue weighted by atomic mass is 32.2. The Morgan fingerprint density at radius 3 is 2.00 bits per heavy atom. The summed E-state index contributed by atoms with van der Waals surface area (Å²) < 4.78 is 34.2. The molecule has 3 aromatic carbocycles. The van der Waals surface area contributed by atoms with Crippen LogP contribution in [0.3, 0.4) is 0 Å². The van der Waals surface area contributed by atoms with Gasteiger partial charge in [0.15, 0.2) is 13.6 Å². The zero-order valence-corrected chi connectivity index (χ0v) is 26.7. The summed E-state index contributed by atoms with van der Waals surface area (Å²) in [6.45, 7) is 12.2. The molecule has 0 saturated heterocycles. The molecule has 1 heterocycles. The molecule has 0 amide bonds. The number of rotatable bonds is 11. The van der Waals surface area contributed by atoms with E-state index in [0.29, 0.717) is 12.4 Å². The second-order valence-corrected chi connectivity index (χ2v) is 17.4. The number of ether oxygens (including phenoxy) is 5. The number of hydrogen-bond donors (Lipinski definition) is 0. The van der Waals surface area contributed by atoms with Gasteiger partial charge < -0.3 is 28.1 Å². The van der Waals surface area contributed by atoms with Crippen LogP contribution in [-0.2, 0) is 14.2 Å². The largest absolute Gasteiger partial charge is 0.544 e. The maximum atomic E-state index is 6.60. The smallest absolute Gasteiger partial charge is 0.250 e. The van der Waals surface area contributed by atoms with Crippen molar-refractivity contribution in [1.82, 2.24) is 0 Å². The summed E-state index contributed by atoms with van der Waals surface area (Å²) in [7, 11) is 1.28. The van der Waals surface area contributed by atoms with Crippen LogP contribution in [0.1, 0.15) is 43.4 Å². The van der Waals surface area contributed by atoms with E-state index < -0.39 is 8.32 Å². The van der Waals surface area contributed by atoms with Gasteiger partial charge in [-0.1, -0.05) is 51.1 Å². The number of thioether (sulfide) groups is 1. The molecule has 216 valence electrons. The number of fused-ring (bicyclic) bond motifs is 1. The molecule has 8 heteroatoms. The molecule has 2 atom stereocenters. The van der Waals surface area contributed by atoms with Gasteiger partial charge in [-0.2, -0.15) is 0 Å². The van der Waals surface area contributed by atoms with E-state index in [-0.39, 0.29) is 29.3 Å². The fourth-order valence-electron chi connectivity index (χ4n) is 4.74. The van der Waals surface area contributed by atoms with Crippen LogP contribution >= 0.6 is 11.8 Å². The summed E-state index contributed by atoms with van der Waals surface area (Å²) in [6, 6.07) is 23.0. The topological polar surface area (TPSA) is 55.4 Å². The van der Waals surface area contributed by atoms with Crippen molar-refractivity contribution in [2.45, 2.75) is 49.6 Å². The summed E-state index contributed by atoms with van der Waals surface area (Å²) in [5.41, 5.74) is 3.48. The molecule has 6 nitrogen and oxygen atoms in total. The molecule has 1 aliphatic heterocycles. The van der Waals surface area contributed by atoms with Crippen LogP contribution in [0.5, 0.6) is 23.0 Å². The number of hydrogen-bond acceptors (Lipinski definition) is 7. The molecule has 0 saturated carbocycles. The van der Waals surface area contributed by atoms with Gasteiger partial charge in [0.1, 0.15) is 29.6 Å². The lowest BCUT2D eigenvalue weighted by atomic mass is 9.75. The lowest BCUT2D eigenvalue weighted by molar-refractivity contribution is 0.0506. The highest BCUT2D eigenvalue weighted by Crippen LogP contribution is 2.56. The molecule has 0 aromatic heterocycles. The van der Waals surface area contributed by atoms with Crippen molar-refractivity contribution < 1.29 is 28.1 Å². The molecule has 0 bridgehead atoms. The molecule has 3 aromatic rings. The Hall–Kier alpha value is -2.65. The molecule has 40 heavy (non-hydrogen) atoms. The van der Waals surface area contributed by atoms with Crippen molar-refractivity contribution in [2.24, 2.45) is 0 Å². The Kier molecular flexibility index (Phi) is 9.45. The standard InChI is InChI=1S/C32H42O6SSi/c1-31(2,3)40(7,8)38-26-13-9-23(10-14-26)30-28-18-17-27(37-22-34-5)19-29(28)35-20-32(30,39-6)24-11-15-25(16-12-24)36-21-33-4/h9-19,30H,20-22H2,1-8H3. The van der Waals surface area contributed by atoms with E-state index in [2.05, 4.69) is 82.6 Å². The van der Waals surface area contributed by atoms with E-state index in [1.165, 1.54) is 11.1 Å². The quantitative estimate of drug-likeness (QED) is 0.169. The fraction of sp³-hybridized carbons (Fsp3) is 0.438. The second-order valence-electron chi connectivity index (χ2n) is 11.6. The molecule has 0 fully saturated rings. The van der Waals surface area contributed by atoms with Gasteiger partial charge in [0.05, 0.1) is 4.75 Å². The third kappa shape index (κ3) is 6.30. The Morgan fingerprint density at radius 2 is 1.43 bits per heavy atom. The second kappa shape index (κ2) is 12.5. The molecule has 1 aliphatic rings. The van der Waals surface area contributed by atoms with Crippen molar-refractivity contribution in [2.75, 3.05) is 40.7 Å². The predicted octanol–water partition coefficient (Wildman–Crippen LogP) is 7.82. The average Bonchev–Trinajstić information content (AvgIpc) is 2.94. The third-order valence-corrected chi connectivity index (χ3v) is 13.7. The monoisotopic (exact) mass is 582 g/mol. The van der Waals surface area contributed by atoms with E-state index in [9.17, 15) is 0 Å². The van der Waals surface area contributed by atoms with Crippen LogP contribution in [-0.4, -0.2) is 49.0 Å². The van der Waals surface area contributed by atoms with Crippen LogP contribution in [0.25, 0.3) is 0 Å². The molecule has 4 rings (SSSR count). The maximum absolute atomic E-state index is 6.60. The van der Waals surface area contributed by atoms with Gasteiger partial charge in [0.2, 0.25) is 8.32 Å². The molecular weight excluding hydrogens is 540 g/mol. The van der Waals surface area contributed by atoms with Crippen LogP contribution in [0.2, 0.25) is 18.1 Å². The van der Waals surface area contributed by atoms with Crippen molar-refractivity contribution in [3.8, 4) is 23.0 Å². The predicted molar refractivity (Wildman–Crippen MR) is 165 cm³/mol. The van der Waals surface area contributed by atoms with Crippen LogP contribution < -0.4 is 18.6 Å². The third-order valence-electron chi connectivity index (χ3n) is 7.99. The zero-order chi connectivity index (χ0) is 29.0. The molecular formula is C32H42O6SSi. The van der Waals surface area contributed by atoms with Gasteiger partial charge in [-0.3, -0.25) is 0 Å². The number of methoxy groups -OCH3 is 2. The first kappa shape index (κ1) is 30.3. The lowest BCUT2D eigenvalue weighted by Gasteiger charge is -2.44. The van der Waals surface area contributed by atoms with Gasteiger partial charge in [0, 0.05) is 31.8 Å². The first-order chi connectivity index (χ1) is 19.0. The highest BCUT2D eigenvalue weighted by Gasteiger charge is 2.47. The molecule has 0 spiro atoms.